The molecule has 100 valence electrons. The maximum atomic E-state index is 11.8. The van der Waals surface area contributed by atoms with Gasteiger partial charge < -0.3 is 10.1 Å². The molecule has 2 heterocycles. The van der Waals surface area contributed by atoms with Gasteiger partial charge in [0.1, 0.15) is 5.82 Å². The van der Waals surface area contributed by atoms with Crippen LogP contribution in [0.4, 0.5) is 0 Å². The number of aromatic nitrogens is 3. The van der Waals surface area contributed by atoms with Crippen LogP contribution in [0.5, 0.6) is 0 Å². The molecule has 0 aliphatic carbocycles. The molecule has 1 unspecified atom stereocenters. The lowest BCUT2D eigenvalue weighted by atomic mass is 10.0. The van der Waals surface area contributed by atoms with Gasteiger partial charge in [-0.2, -0.15) is 0 Å². The lowest BCUT2D eigenvalue weighted by molar-refractivity contribution is 0.0535. The summed E-state index contributed by atoms with van der Waals surface area (Å²) < 4.78 is 5.37. The largest absolute Gasteiger partial charge is 0.381 e. The van der Waals surface area contributed by atoms with E-state index in [0.29, 0.717) is 12.5 Å². The van der Waals surface area contributed by atoms with Crippen molar-refractivity contribution in [2.75, 3.05) is 19.8 Å². The van der Waals surface area contributed by atoms with Crippen molar-refractivity contribution in [3.05, 3.63) is 11.6 Å². The van der Waals surface area contributed by atoms with Crippen LogP contribution in [-0.2, 0) is 4.74 Å². The van der Waals surface area contributed by atoms with Gasteiger partial charge in [0, 0.05) is 19.1 Å². The molecule has 6 nitrogen and oxygen atoms in total. The van der Waals surface area contributed by atoms with Crippen molar-refractivity contribution >= 4 is 5.91 Å². The second kappa shape index (κ2) is 5.95. The van der Waals surface area contributed by atoms with Crippen molar-refractivity contribution in [2.45, 2.75) is 32.6 Å². The van der Waals surface area contributed by atoms with Gasteiger partial charge in [0.05, 0.1) is 6.61 Å². The Morgan fingerprint density at radius 2 is 2.44 bits per heavy atom. The molecule has 2 rings (SSSR count). The summed E-state index contributed by atoms with van der Waals surface area (Å²) in [5.41, 5.74) is 0. The first-order valence-electron chi connectivity index (χ1n) is 6.45. The highest BCUT2D eigenvalue weighted by Crippen LogP contribution is 2.12. The Bertz CT molecular complexity index is 397. The van der Waals surface area contributed by atoms with E-state index in [2.05, 4.69) is 20.5 Å². The fraction of sp³-hybridized carbons (Fsp3) is 0.750. The van der Waals surface area contributed by atoms with E-state index in [1.54, 1.807) is 0 Å². The fourth-order valence-electron chi connectivity index (χ4n) is 1.92. The first kappa shape index (κ1) is 13.0. The number of nitrogens with one attached hydrogen (secondary N) is 2. The minimum absolute atomic E-state index is 0.218. The van der Waals surface area contributed by atoms with Gasteiger partial charge in [0.25, 0.3) is 5.91 Å². The topological polar surface area (TPSA) is 79.9 Å². The summed E-state index contributed by atoms with van der Waals surface area (Å²) in [5, 5.41) is 9.56. The van der Waals surface area contributed by atoms with E-state index in [1.165, 1.54) is 0 Å². The molecule has 2 N–H and O–H groups in total. The third kappa shape index (κ3) is 3.29. The SMILES string of the molecule is CC(C)c1nc(C(=O)NCC2CCCOC2)n[nH]1. The van der Waals surface area contributed by atoms with Crippen molar-refractivity contribution < 1.29 is 9.53 Å². The van der Waals surface area contributed by atoms with Crippen LogP contribution < -0.4 is 5.32 Å². The molecule has 1 fully saturated rings. The number of hydrogen-bond acceptors (Lipinski definition) is 4. The summed E-state index contributed by atoms with van der Waals surface area (Å²) in [7, 11) is 0. The number of carbonyl (C=O) groups excluding carboxylic acids is 1. The van der Waals surface area contributed by atoms with Crippen molar-refractivity contribution in [1.29, 1.82) is 0 Å². The summed E-state index contributed by atoms with van der Waals surface area (Å²) in [5.74, 6) is 1.39. The second-order valence-corrected chi connectivity index (χ2v) is 4.99. The van der Waals surface area contributed by atoms with Crippen molar-refractivity contribution in [1.82, 2.24) is 20.5 Å². The Kier molecular flexibility index (Phi) is 4.30. The molecule has 6 heteroatoms. The predicted octanol–water partition coefficient (Wildman–Crippen LogP) is 1.08. The average Bonchev–Trinajstić information content (AvgIpc) is 2.87. The third-order valence-corrected chi connectivity index (χ3v) is 3.06. The van der Waals surface area contributed by atoms with Crippen LogP contribution in [-0.4, -0.2) is 40.8 Å². The van der Waals surface area contributed by atoms with Crippen LogP contribution in [0, 0.1) is 5.92 Å². The molecule has 0 spiro atoms. The van der Waals surface area contributed by atoms with Gasteiger partial charge in [-0.05, 0) is 18.8 Å². The van der Waals surface area contributed by atoms with E-state index in [-0.39, 0.29) is 17.6 Å². The van der Waals surface area contributed by atoms with Crippen LogP contribution >= 0.6 is 0 Å². The molecule has 0 saturated carbocycles. The minimum atomic E-state index is -0.219. The van der Waals surface area contributed by atoms with Crippen LogP contribution in [0.2, 0.25) is 0 Å². The Hall–Kier alpha value is -1.43. The standard InChI is InChI=1S/C12H20N4O2/c1-8(2)10-14-11(16-15-10)12(17)13-6-9-4-3-5-18-7-9/h8-9H,3-7H2,1-2H3,(H,13,17)(H,14,15,16). The molecule has 1 amide bonds. The summed E-state index contributed by atoms with van der Waals surface area (Å²) >= 11 is 0. The summed E-state index contributed by atoms with van der Waals surface area (Å²) in [4.78, 5) is 16.0. The molecule has 0 radical (unpaired) electrons. The maximum Gasteiger partial charge on any atom is 0.290 e. The first-order valence-corrected chi connectivity index (χ1v) is 6.45. The van der Waals surface area contributed by atoms with E-state index in [4.69, 9.17) is 4.74 Å². The Morgan fingerprint density at radius 1 is 1.61 bits per heavy atom. The van der Waals surface area contributed by atoms with E-state index < -0.39 is 0 Å². The molecule has 1 aromatic heterocycles. The van der Waals surface area contributed by atoms with E-state index in [9.17, 15) is 4.79 Å². The van der Waals surface area contributed by atoms with Gasteiger partial charge in [-0.1, -0.05) is 13.8 Å². The highest BCUT2D eigenvalue weighted by Gasteiger charge is 2.17. The number of rotatable bonds is 4. The molecular formula is C12H20N4O2. The van der Waals surface area contributed by atoms with Gasteiger partial charge in [-0.3, -0.25) is 9.89 Å². The third-order valence-electron chi connectivity index (χ3n) is 3.06. The van der Waals surface area contributed by atoms with E-state index >= 15 is 0 Å². The van der Waals surface area contributed by atoms with Crippen molar-refractivity contribution in [3.8, 4) is 0 Å². The zero-order valence-corrected chi connectivity index (χ0v) is 10.9. The molecule has 1 aliphatic heterocycles. The zero-order valence-electron chi connectivity index (χ0n) is 10.9. The molecule has 1 aliphatic rings. The number of carbonyl (C=O) groups is 1. The van der Waals surface area contributed by atoms with Crippen LogP contribution in [0.3, 0.4) is 0 Å². The van der Waals surface area contributed by atoms with Crippen LogP contribution in [0.25, 0.3) is 0 Å². The maximum absolute atomic E-state index is 11.8. The number of aromatic amines is 1. The van der Waals surface area contributed by atoms with Crippen LogP contribution in [0.1, 0.15) is 49.1 Å². The van der Waals surface area contributed by atoms with Gasteiger partial charge in [-0.25, -0.2) is 4.98 Å². The molecule has 0 aromatic carbocycles. The molecule has 18 heavy (non-hydrogen) atoms. The summed E-state index contributed by atoms with van der Waals surface area (Å²) in [6.07, 6.45) is 2.17. The highest BCUT2D eigenvalue weighted by atomic mass is 16.5. The van der Waals surface area contributed by atoms with Gasteiger partial charge in [-0.15, -0.1) is 5.10 Å². The van der Waals surface area contributed by atoms with Crippen LogP contribution in [0.15, 0.2) is 0 Å². The lowest BCUT2D eigenvalue weighted by Crippen LogP contribution is -2.33. The Labute approximate surface area is 107 Å². The Balaban J connectivity index is 1.83. The number of amides is 1. The monoisotopic (exact) mass is 252 g/mol. The first-order chi connectivity index (χ1) is 8.66. The molecule has 0 bridgehead atoms. The van der Waals surface area contributed by atoms with E-state index in [0.717, 1.165) is 31.9 Å². The summed E-state index contributed by atoms with van der Waals surface area (Å²) in [6.45, 7) is 6.20. The molecule has 1 saturated heterocycles. The molecule has 1 atom stereocenters. The zero-order chi connectivity index (χ0) is 13.0. The quantitative estimate of drug-likeness (QED) is 0.840. The lowest BCUT2D eigenvalue weighted by Gasteiger charge is -2.21. The highest BCUT2D eigenvalue weighted by molar-refractivity contribution is 5.90. The molecular weight excluding hydrogens is 232 g/mol. The Morgan fingerprint density at radius 3 is 3.06 bits per heavy atom. The summed E-state index contributed by atoms with van der Waals surface area (Å²) in [6, 6.07) is 0. The van der Waals surface area contributed by atoms with Crippen molar-refractivity contribution in [3.63, 3.8) is 0 Å². The second-order valence-electron chi connectivity index (χ2n) is 4.99. The number of ether oxygens (including phenoxy) is 1. The normalized spacial score (nSPS) is 20.1. The number of H-pyrrole nitrogens is 1. The number of hydrogen-bond donors (Lipinski definition) is 2. The average molecular weight is 252 g/mol. The smallest absolute Gasteiger partial charge is 0.290 e. The molecule has 1 aromatic rings. The van der Waals surface area contributed by atoms with Gasteiger partial charge >= 0.3 is 0 Å². The van der Waals surface area contributed by atoms with Crippen molar-refractivity contribution in [2.24, 2.45) is 5.92 Å². The fourth-order valence-corrected chi connectivity index (χ4v) is 1.92. The minimum Gasteiger partial charge on any atom is -0.381 e. The predicted molar refractivity (Wildman–Crippen MR) is 66.3 cm³/mol. The number of nitrogens with zero attached hydrogens (tertiary/aromatic N) is 2. The van der Waals surface area contributed by atoms with Gasteiger partial charge in [0.2, 0.25) is 5.82 Å². The van der Waals surface area contributed by atoms with E-state index in [1.807, 2.05) is 13.8 Å². The van der Waals surface area contributed by atoms with Gasteiger partial charge in [0.15, 0.2) is 0 Å².